The monoisotopic (exact) mass is 337 g/mol. The van der Waals surface area contributed by atoms with E-state index in [4.69, 9.17) is 0 Å². The van der Waals surface area contributed by atoms with Gasteiger partial charge in [0.05, 0.1) is 12.4 Å². The van der Waals surface area contributed by atoms with Crippen molar-refractivity contribution in [2.75, 3.05) is 19.0 Å². The number of rotatable bonds is 2. The molecule has 1 unspecified atom stereocenters. The molecule has 6 nitrogen and oxygen atoms in total. The van der Waals surface area contributed by atoms with Crippen molar-refractivity contribution in [2.24, 2.45) is 0 Å². The number of Topliss-reactive ketones (excluding diaryl/α,β-unsaturated/α-hetero) is 1. The van der Waals surface area contributed by atoms with Crippen LogP contribution in [0, 0.1) is 0 Å². The van der Waals surface area contributed by atoms with Gasteiger partial charge in [-0.3, -0.25) is 4.79 Å². The van der Waals surface area contributed by atoms with Gasteiger partial charge in [-0.2, -0.15) is 4.98 Å². The highest BCUT2D eigenvalue weighted by molar-refractivity contribution is 9.10. The van der Waals surface area contributed by atoms with Crippen LogP contribution in [0.3, 0.4) is 0 Å². The van der Waals surface area contributed by atoms with Crippen molar-refractivity contribution >= 4 is 38.8 Å². The molecule has 0 saturated heterocycles. The second-order valence-electron chi connectivity index (χ2n) is 5.26. The number of hydrogen-bond donors (Lipinski definition) is 0. The molecule has 2 heterocycles. The summed E-state index contributed by atoms with van der Waals surface area (Å²) in [4.78, 5) is 27.2. The largest absolute Gasteiger partial charge is 0.347 e. The second kappa shape index (κ2) is 5.12. The molecule has 0 radical (unpaired) electrons. The highest BCUT2D eigenvalue weighted by atomic mass is 79.9. The van der Waals surface area contributed by atoms with Gasteiger partial charge in [0.1, 0.15) is 10.1 Å². The average molecular weight is 338 g/mol. The lowest BCUT2D eigenvalue weighted by molar-refractivity contribution is -0.123. The first kappa shape index (κ1) is 13.5. The van der Waals surface area contributed by atoms with Crippen LogP contribution in [0.2, 0.25) is 0 Å². The zero-order valence-electron chi connectivity index (χ0n) is 11.5. The Morgan fingerprint density at radius 3 is 2.85 bits per heavy atom. The first-order chi connectivity index (χ1) is 9.58. The van der Waals surface area contributed by atoms with Crippen molar-refractivity contribution in [3.8, 4) is 0 Å². The van der Waals surface area contributed by atoms with Crippen LogP contribution in [0.25, 0.3) is 11.2 Å². The molecule has 1 aliphatic rings. The molecule has 106 valence electrons. The maximum atomic E-state index is 12.1. The van der Waals surface area contributed by atoms with Crippen molar-refractivity contribution in [2.45, 2.75) is 31.7 Å². The van der Waals surface area contributed by atoms with E-state index in [0.717, 1.165) is 24.9 Å². The summed E-state index contributed by atoms with van der Waals surface area (Å²) in [5.41, 5.74) is 1.42. The Morgan fingerprint density at radius 1 is 1.35 bits per heavy atom. The van der Waals surface area contributed by atoms with Crippen molar-refractivity contribution in [3.05, 3.63) is 10.9 Å². The van der Waals surface area contributed by atoms with Gasteiger partial charge in [-0.15, -0.1) is 0 Å². The summed E-state index contributed by atoms with van der Waals surface area (Å²) in [5.74, 6) is 0.881. The molecule has 0 N–H and O–H groups in total. The average Bonchev–Trinajstić information content (AvgIpc) is 2.83. The highest BCUT2D eigenvalue weighted by Crippen LogP contribution is 2.30. The summed E-state index contributed by atoms with van der Waals surface area (Å²) < 4.78 is 2.56. The minimum Gasteiger partial charge on any atom is -0.347 e. The van der Waals surface area contributed by atoms with E-state index in [2.05, 4.69) is 30.9 Å². The van der Waals surface area contributed by atoms with E-state index in [1.807, 2.05) is 23.6 Å². The lowest BCUT2D eigenvalue weighted by atomic mass is 9.94. The van der Waals surface area contributed by atoms with Gasteiger partial charge in [-0.25, -0.2) is 9.97 Å². The smallest absolute Gasteiger partial charge is 0.228 e. The zero-order valence-corrected chi connectivity index (χ0v) is 13.1. The molecule has 0 bridgehead atoms. The summed E-state index contributed by atoms with van der Waals surface area (Å²) in [7, 11) is 3.78. The van der Waals surface area contributed by atoms with E-state index in [-0.39, 0.29) is 11.8 Å². The van der Waals surface area contributed by atoms with Crippen molar-refractivity contribution in [1.29, 1.82) is 0 Å². The van der Waals surface area contributed by atoms with Crippen LogP contribution in [-0.4, -0.2) is 39.4 Å². The first-order valence-electron chi connectivity index (χ1n) is 6.68. The predicted octanol–water partition coefficient (Wildman–Crippen LogP) is 2.34. The van der Waals surface area contributed by atoms with E-state index in [0.29, 0.717) is 22.5 Å². The van der Waals surface area contributed by atoms with Crippen LogP contribution in [0.15, 0.2) is 10.9 Å². The van der Waals surface area contributed by atoms with E-state index >= 15 is 0 Å². The van der Waals surface area contributed by atoms with Crippen LogP contribution >= 0.6 is 15.9 Å². The molecular formula is C13H16BrN5O. The quantitative estimate of drug-likeness (QED) is 0.787. The van der Waals surface area contributed by atoms with Gasteiger partial charge in [0.2, 0.25) is 5.95 Å². The summed E-state index contributed by atoms with van der Waals surface area (Å²) >= 11 is 3.43. The van der Waals surface area contributed by atoms with E-state index in [9.17, 15) is 4.79 Å². The van der Waals surface area contributed by atoms with Gasteiger partial charge in [0.25, 0.3) is 0 Å². The molecule has 2 aromatic heterocycles. The highest BCUT2D eigenvalue weighted by Gasteiger charge is 2.26. The molecule has 0 amide bonds. The molecule has 0 aromatic carbocycles. The fourth-order valence-electron chi connectivity index (χ4n) is 2.56. The lowest BCUT2D eigenvalue weighted by Gasteiger charge is -2.22. The Morgan fingerprint density at radius 2 is 2.15 bits per heavy atom. The number of carbonyl (C=O) groups is 1. The first-order valence-corrected chi connectivity index (χ1v) is 7.47. The number of fused-ring (bicyclic) bond motifs is 1. The fraction of sp³-hybridized carbons (Fsp3) is 0.538. The van der Waals surface area contributed by atoms with Gasteiger partial charge < -0.3 is 9.47 Å². The second-order valence-corrected chi connectivity index (χ2v) is 6.01. The summed E-state index contributed by atoms with van der Waals surface area (Å²) in [6, 6.07) is -0.134. The predicted molar refractivity (Wildman–Crippen MR) is 79.9 cm³/mol. The minimum atomic E-state index is -0.134. The fourth-order valence-corrected chi connectivity index (χ4v) is 3.00. The minimum absolute atomic E-state index is 0.134. The molecule has 0 aliphatic heterocycles. The summed E-state index contributed by atoms with van der Waals surface area (Å²) in [6.07, 6.45) is 5.28. The van der Waals surface area contributed by atoms with Gasteiger partial charge in [-0.1, -0.05) is 6.42 Å². The maximum absolute atomic E-state index is 12.1. The molecule has 1 atom stereocenters. The molecule has 3 rings (SSSR count). The Balaban J connectivity index is 2.14. The number of anilines is 1. The third-order valence-corrected chi connectivity index (χ3v) is 4.18. The Hall–Kier alpha value is -1.50. The van der Waals surface area contributed by atoms with Crippen molar-refractivity contribution in [1.82, 2.24) is 19.5 Å². The van der Waals surface area contributed by atoms with E-state index in [1.54, 1.807) is 6.33 Å². The zero-order chi connectivity index (χ0) is 14.3. The lowest BCUT2D eigenvalue weighted by Crippen LogP contribution is -2.23. The molecule has 7 heteroatoms. The van der Waals surface area contributed by atoms with Crippen LogP contribution in [0.5, 0.6) is 0 Å². The van der Waals surface area contributed by atoms with Crippen molar-refractivity contribution in [3.63, 3.8) is 0 Å². The third-order valence-electron chi connectivity index (χ3n) is 3.63. The number of ketones is 1. The number of imidazole rings is 1. The molecular weight excluding hydrogens is 322 g/mol. The number of carbonyl (C=O) groups excluding carboxylic acids is 1. The van der Waals surface area contributed by atoms with Gasteiger partial charge >= 0.3 is 0 Å². The molecule has 2 aromatic rings. The maximum Gasteiger partial charge on any atom is 0.228 e. The van der Waals surface area contributed by atoms with Gasteiger partial charge in [0, 0.05) is 20.5 Å². The molecule has 0 spiro atoms. The number of nitrogens with zero attached hydrogens (tertiary/aromatic N) is 5. The summed E-state index contributed by atoms with van der Waals surface area (Å²) in [5, 5.41) is 0. The normalized spacial score (nSPS) is 19.6. The van der Waals surface area contributed by atoms with Crippen LogP contribution in [-0.2, 0) is 4.79 Å². The number of halogens is 1. The molecule has 1 fully saturated rings. The van der Waals surface area contributed by atoms with Crippen LogP contribution < -0.4 is 4.90 Å². The van der Waals surface area contributed by atoms with Gasteiger partial charge in [0.15, 0.2) is 11.4 Å². The Bertz CT molecular complexity index is 666. The number of aromatic nitrogens is 4. The molecule has 1 aliphatic carbocycles. The van der Waals surface area contributed by atoms with Crippen molar-refractivity contribution < 1.29 is 4.79 Å². The standard InChI is InChI=1S/C13H16BrN5O/c1-18(2)13-16-11(14)10-12(17-13)19(7-15-10)8-5-3-4-6-9(8)20/h7-8H,3-6H2,1-2H3. The SMILES string of the molecule is CN(C)c1nc(Br)c2ncn(C3CCCCC3=O)c2n1. The molecule has 1 saturated carbocycles. The topological polar surface area (TPSA) is 63.9 Å². The third kappa shape index (κ3) is 2.19. The number of hydrogen-bond acceptors (Lipinski definition) is 5. The summed E-state index contributed by atoms with van der Waals surface area (Å²) in [6.45, 7) is 0. The van der Waals surface area contributed by atoms with Crippen LogP contribution in [0.4, 0.5) is 5.95 Å². The molecule has 20 heavy (non-hydrogen) atoms. The Labute approximate surface area is 125 Å². The van der Waals surface area contributed by atoms with E-state index in [1.165, 1.54) is 0 Å². The van der Waals surface area contributed by atoms with Gasteiger partial charge in [-0.05, 0) is 28.8 Å². The Kier molecular flexibility index (Phi) is 3.45. The van der Waals surface area contributed by atoms with Crippen LogP contribution in [0.1, 0.15) is 31.7 Å². The van der Waals surface area contributed by atoms with E-state index < -0.39 is 0 Å².